The zero-order valence-electron chi connectivity index (χ0n) is 11.1. The van der Waals surface area contributed by atoms with Gasteiger partial charge < -0.3 is 10.6 Å². The Balaban J connectivity index is 1.68. The molecule has 0 bridgehead atoms. The molecular weight excluding hydrogens is 254 g/mol. The van der Waals surface area contributed by atoms with Crippen LogP contribution in [0.5, 0.6) is 0 Å². The van der Waals surface area contributed by atoms with Crippen LogP contribution in [0.25, 0.3) is 5.69 Å². The van der Waals surface area contributed by atoms with E-state index >= 15 is 0 Å². The Bertz CT molecular complexity index is 574. The van der Waals surface area contributed by atoms with Crippen molar-refractivity contribution in [3.63, 3.8) is 0 Å². The molecule has 2 heterocycles. The number of piperidine rings is 1. The van der Waals surface area contributed by atoms with Crippen LogP contribution >= 0.6 is 0 Å². The molecule has 1 atom stereocenters. The summed E-state index contributed by atoms with van der Waals surface area (Å²) in [5, 5.41) is 14.2. The van der Waals surface area contributed by atoms with Crippen molar-refractivity contribution < 1.29 is 4.79 Å². The molecule has 20 heavy (non-hydrogen) atoms. The molecule has 1 fully saturated rings. The van der Waals surface area contributed by atoms with Gasteiger partial charge in [-0.25, -0.2) is 4.68 Å². The smallest absolute Gasteiger partial charge is 0.273 e. The summed E-state index contributed by atoms with van der Waals surface area (Å²) < 4.78 is 1.61. The van der Waals surface area contributed by atoms with Gasteiger partial charge in [-0.3, -0.25) is 4.79 Å². The number of carbonyl (C=O) groups excluding carboxylic acids is 1. The van der Waals surface area contributed by atoms with Crippen molar-refractivity contribution in [2.24, 2.45) is 0 Å². The SMILES string of the molecule is O=C(NC1CCCNC1)c1cn(-c2ccccc2)nn1. The van der Waals surface area contributed by atoms with Crippen molar-refractivity contribution >= 4 is 5.91 Å². The van der Waals surface area contributed by atoms with Gasteiger partial charge in [-0.15, -0.1) is 5.10 Å². The molecule has 2 N–H and O–H groups in total. The van der Waals surface area contributed by atoms with E-state index in [9.17, 15) is 4.79 Å². The van der Waals surface area contributed by atoms with Crippen molar-refractivity contribution in [3.05, 3.63) is 42.2 Å². The van der Waals surface area contributed by atoms with Crippen molar-refractivity contribution in [3.8, 4) is 5.69 Å². The maximum atomic E-state index is 12.1. The zero-order valence-corrected chi connectivity index (χ0v) is 11.1. The Morgan fingerprint density at radius 1 is 1.35 bits per heavy atom. The summed E-state index contributed by atoms with van der Waals surface area (Å²) in [7, 11) is 0. The topological polar surface area (TPSA) is 71.8 Å². The predicted octanol–water partition coefficient (Wildman–Crippen LogP) is 0.749. The predicted molar refractivity (Wildman–Crippen MR) is 74.7 cm³/mol. The molecule has 0 radical (unpaired) electrons. The van der Waals surface area contributed by atoms with E-state index in [2.05, 4.69) is 20.9 Å². The first-order chi connectivity index (χ1) is 9.83. The molecule has 1 aromatic carbocycles. The van der Waals surface area contributed by atoms with E-state index in [0.29, 0.717) is 5.69 Å². The monoisotopic (exact) mass is 271 g/mol. The third kappa shape index (κ3) is 2.85. The van der Waals surface area contributed by atoms with Gasteiger partial charge in [0.15, 0.2) is 5.69 Å². The van der Waals surface area contributed by atoms with Crippen LogP contribution < -0.4 is 10.6 Å². The van der Waals surface area contributed by atoms with Crippen LogP contribution in [0, 0.1) is 0 Å². The summed E-state index contributed by atoms with van der Waals surface area (Å²) >= 11 is 0. The third-order valence-electron chi connectivity index (χ3n) is 3.38. The Morgan fingerprint density at radius 3 is 2.95 bits per heavy atom. The Kier molecular flexibility index (Phi) is 3.73. The van der Waals surface area contributed by atoms with E-state index in [1.807, 2.05) is 30.3 Å². The highest BCUT2D eigenvalue weighted by Crippen LogP contribution is 2.07. The first-order valence-electron chi connectivity index (χ1n) is 6.82. The van der Waals surface area contributed by atoms with E-state index in [4.69, 9.17) is 0 Å². The molecule has 2 aromatic rings. The molecule has 3 rings (SSSR count). The van der Waals surface area contributed by atoms with Crippen LogP contribution in [-0.4, -0.2) is 40.0 Å². The number of para-hydroxylation sites is 1. The number of carbonyl (C=O) groups is 1. The van der Waals surface area contributed by atoms with Crippen molar-refractivity contribution in [1.29, 1.82) is 0 Å². The number of nitrogens with zero attached hydrogens (tertiary/aromatic N) is 3. The summed E-state index contributed by atoms with van der Waals surface area (Å²) in [6, 6.07) is 9.79. The van der Waals surface area contributed by atoms with Crippen molar-refractivity contribution in [1.82, 2.24) is 25.6 Å². The van der Waals surface area contributed by atoms with Crippen LogP contribution in [0.15, 0.2) is 36.5 Å². The fourth-order valence-electron chi connectivity index (χ4n) is 2.31. The molecule has 1 unspecified atom stereocenters. The summed E-state index contributed by atoms with van der Waals surface area (Å²) in [4.78, 5) is 12.1. The van der Waals surface area contributed by atoms with Crippen LogP contribution in [0.4, 0.5) is 0 Å². The lowest BCUT2D eigenvalue weighted by Gasteiger charge is -2.23. The molecule has 104 valence electrons. The van der Waals surface area contributed by atoms with Gasteiger partial charge in [-0.05, 0) is 31.5 Å². The molecule has 1 aromatic heterocycles. The number of amides is 1. The maximum absolute atomic E-state index is 12.1. The normalized spacial score (nSPS) is 18.7. The van der Waals surface area contributed by atoms with E-state index in [-0.39, 0.29) is 11.9 Å². The van der Waals surface area contributed by atoms with Gasteiger partial charge in [-0.1, -0.05) is 23.4 Å². The second-order valence-electron chi connectivity index (χ2n) is 4.90. The molecule has 6 heteroatoms. The Hall–Kier alpha value is -2.21. The highest BCUT2D eigenvalue weighted by atomic mass is 16.2. The minimum absolute atomic E-state index is 0.166. The molecule has 0 saturated carbocycles. The fraction of sp³-hybridized carbons (Fsp3) is 0.357. The number of hydrogen-bond acceptors (Lipinski definition) is 4. The van der Waals surface area contributed by atoms with Gasteiger partial charge >= 0.3 is 0 Å². The lowest BCUT2D eigenvalue weighted by atomic mass is 10.1. The molecule has 6 nitrogen and oxygen atoms in total. The molecule has 1 saturated heterocycles. The van der Waals surface area contributed by atoms with E-state index in [1.54, 1.807) is 10.9 Å². The van der Waals surface area contributed by atoms with Gasteiger partial charge in [0, 0.05) is 12.6 Å². The number of aromatic nitrogens is 3. The Labute approximate surface area is 117 Å². The number of rotatable bonds is 3. The molecule has 1 amide bonds. The first-order valence-corrected chi connectivity index (χ1v) is 6.82. The van der Waals surface area contributed by atoms with Gasteiger partial charge in [0.05, 0.1) is 11.9 Å². The summed E-state index contributed by atoms with van der Waals surface area (Å²) in [6.07, 6.45) is 3.74. The largest absolute Gasteiger partial charge is 0.347 e. The standard InChI is InChI=1S/C14H17N5O/c20-14(16-11-5-4-8-15-9-11)13-10-19(18-17-13)12-6-2-1-3-7-12/h1-3,6-7,10-11,15H,4-5,8-9H2,(H,16,20). The lowest BCUT2D eigenvalue weighted by Crippen LogP contribution is -2.45. The average molecular weight is 271 g/mol. The van der Waals surface area contributed by atoms with Gasteiger partial charge in [-0.2, -0.15) is 0 Å². The van der Waals surface area contributed by atoms with Gasteiger partial charge in [0.2, 0.25) is 0 Å². The molecule has 1 aliphatic heterocycles. The van der Waals surface area contributed by atoms with Crippen LogP contribution in [0.2, 0.25) is 0 Å². The van der Waals surface area contributed by atoms with Crippen LogP contribution in [-0.2, 0) is 0 Å². The number of nitrogens with one attached hydrogen (secondary N) is 2. The van der Waals surface area contributed by atoms with Crippen molar-refractivity contribution in [2.75, 3.05) is 13.1 Å². The first kappa shape index (κ1) is 12.8. The highest BCUT2D eigenvalue weighted by molar-refractivity contribution is 5.92. The van der Waals surface area contributed by atoms with Crippen LogP contribution in [0.3, 0.4) is 0 Å². The second kappa shape index (κ2) is 5.83. The highest BCUT2D eigenvalue weighted by Gasteiger charge is 2.18. The average Bonchev–Trinajstić information content (AvgIpc) is 2.99. The van der Waals surface area contributed by atoms with Gasteiger partial charge in [0.25, 0.3) is 5.91 Å². The summed E-state index contributed by atoms with van der Waals surface area (Å²) in [6.45, 7) is 1.84. The fourth-order valence-corrected chi connectivity index (χ4v) is 2.31. The summed E-state index contributed by atoms with van der Waals surface area (Å²) in [5.74, 6) is -0.166. The molecule has 0 spiro atoms. The lowest BCUT2D eigenvalue weighted by molar-refractivity contribution is 0.0925. The van der Waals surface area contributed by atoms with E-state index < -0.39 is 0 Å². The maximum Gasteiger partial charge on any atom is 0.273 e. The zero-order chi connectivity index (χ0) is 13.8. The minimum atomic E-state index is -0.166. The molecular formula is C14H17N5O. The quantitative estimate of drug-likeness (QED) is 0.864. The molecule has 1 aliphatic rings. The Morgan fingerprint density at radius 2 is 2.20 bits per heavy atom. The number of benzene rings is 1. The van der Waals surface area contributed by atoms with E-state index in [1.165, 1.54) is 0 Å². The van der Waals surface area contributed by atoms with Gasteiger partial charge in [0.1, 0.15) is 0 Å². The number of hydrogen-bond donors (Lipinski definition) is 2. The van der Waals surface area contributed by atoms with Crippen molar-refractivity contribution in [2.45, 2.75) is 18.9 Å². The second-order valence-corrected chi connectivity index (χ2v) is 4.90. The summed E-state index contributed by atoms with van der Waals surface area (Å²) in [5.41, 5.74) is 1.23. The third-order valence-corrected chi connectivity index (χ3v) is 3.38. The van der Waals surface area contributed by atoms with E-state index in [0.717, 1.165) is 31.6 Å². The molecule has 0 aliphatic carbocycles. The van der Waals surface area contributed by atoms with Crippen LogP contribution in [0.1, 0.15) is 23.3 Å². The minimum Gasteiger partial charge on any atom is -0.347 e.